The van der Waals surface area contributed by atoms with E-state index in [-0.39, 0.29) is 5.38 Å². The van der Waals surface area contributed by atoms with Crippen molar-refractivity contribution in [3.05, 3.63) is 62.1 Å². The molecule has 1 atom stereocenters. The van der Waals surface area contributed by atoms with Gasteiger partial charge >= 0.3 is 0 Å². The molecule has 0 saturated heterocycles. The third-order valence-electron chi connectivity index (χ3n) is 3.55. The molecule has 1 heterocycles. The number of ether oxygens (including phenoxy) is 2. The highest BCUT2D eigenvalue weighted by Crippen LogP contribution is 2.41. The molecule has 0 bridgehead atoms. The van der Waals surface area contributed by atoms with E-state index in [0.29, 0.717) is 24.0 Å². The Bertz CT molecular complexity index is 688. The number of alkyl halides is 1. The Morgan fingerprint density at radius 2 is 1.95 bits per heavy atom. The molecule has 1 aliphatic heterocycles. The normalized spacial score (nSPS) is 14.9. The van der Waals surface area contributed by atoms with Crippen LogP contribution in [0.4, 0.5) is 0 Å². The van der Waals surface area contributed by atoms with E-state index in [2.05, 4.69) is 28.1 Å². The summed E-state index contributed by atoms with van der Waals surface area (Å²) >= 11 is 16.3. The fraction of sp³-hybridized carbons (Fsp3) is 0.250. The molecule has 0 spiro atoms. The van der Waals surface area contributed by atoms with Gasteiger partial charge in [0, 0.05) is 10.6 Å². The zero-order chi connectivity index (χ0) is 15.0. The molecule has 5 heteroatoms. The number of methoxy groups -OCH3 is 1. The van der Waals surface area contributed by atoms with E-state index in [9.17, 15) is 0 Å². The zero-order valence-corrected chi connectivity index (χ0v) is 14.4. The molecule has 0 N–H and O–H groups in total. The summed E-state index contributed by atoms with van der Waals surface area (Å²) in [7, 11) is 1.62. The third-order valence-corrected chi connectivity index (χ3v) is 4.85. The van der Waals surface area contributed by atoms with Crippen molar-refractivity contribution in [3.8, 4) is 5.75 Å². The highest BCUT2D eigenvalue weighted by atomic mass is 79.9. The molecule has 3 rings (SSSR count). The Morgan fingerprint density at radius 1 is 1.19 bits per heavy atom. The second-order valence-electron chi connectivity index (χ2n) is 4.89. The van der Waals surface area contributed by atoms with Gasteiger partial charge in [0.25, 0.3) is 0 Å². The summed E-state index contributed by atoms with van der Waals surface area (Å²) in [5.74, 6) is 0.705. The molecule has 0 fully saturated rings. The molecule has 0 aromatic heterocycles. The number of halogens is 3. The van der Waals surface area contributed by atoms with Crippen LogP contribution < -0.4 is 4.74 Å². The van der Waals surface area contributed by atoms with Gasteiger partial charge in [-0.25, -0.2) is 0 Å². The van der Waals surface area contributed by atoms with Gasteiger partial charge in [-0.2, -0.15) is 0 Å². The van der Waals surface area contributed by atoms with E-state index in [4.69, 9.17) is 32.7 Å². The first-order valence-corrected chi connectivity index (χ1v) is 8.07. The third kappa shape index (κ3) is 2.93. The van der Waals surface area contributed by atoms with E-state index in [0.717, 1.165) is 15.6 Å². The summed E-state index contributed by atoms with van der Waals surface area (Å²) in [6, 6.07) is 9.82. The summed E-state index contributed by atoms with van der Waals surface area (Å²) in [4.78, 5) is 0. The molecule has 0 radical (unpaired) electrons. The first kappa shape index (κ1) is 15.2. The average Bonchev–Trinajstić information content (AvgIpc) is 2.93. The molecule has 0 saturated carbocycles. The average molecular weight is 388 g/mol. The van der Waals surface area contributed by atoms with E-state index < -0.39 is 0 Å². The van der Waals surface area contributed by atoms with Crippen LogP contribution in [0.2, 0.25) is 5.02 Å². The number of benzene rings is 2. The smallest absolute Gasteiger partial charge is 0.138 e. The van der Waals surface area contributed by atoms with Gasteiger partial charge in [0.1, 0.15) is 5.75 Å². The lowest BCUT2D eigenvalue weighted by Crippen LogP contribution is -1.99. The molecule has 0 aliphatic carbocycles. The number of hydrogen-bond donors (Lipinski definition) is 0. The van der Waals surface area contributed by atoms with Crippen molar-refractivity contribution in [1.82, 2.24) is 0 Å². The van der Waals surface area contributed by atoms with Gasteiger partial charge in [-0.1, -0.05) is 29.8 Å². The Morgan fingerprint density at radius 3 is 2.71 bits per heavy atom. The van der Waals surface area contributed by atoms with Crippen LogP contribution in [0, 0.1) is 0 Å². The van der Waals surface area contributed by atoms with E-state index in [1.807, 2.05) is 12.1 Å². The van der Waals surface area contributed by atoms with Crippen LogP contribution in [0.1, 0.15) is 27.6 Å². The summed E-state index contributed by atoms with van der Waals surface area (Å²) < 4.78 is 11.7. The lowest BCUT2D eigenvalue weighted by atomic mass is 9.99. The van der Waals surface area contributed by atoms with Gasteiger partial charge in [0.15, 0.2) is 0 Å². The van der Waals surface area contributed by atoms with Crippen molar-refractivity contribution >= 4 is 39.1 Å². The molecule has 2 aromatic carbocycles. The molecule has 21 heavy (non-hydrogen) atoms. The summed E-state index contributed by atoms with van der Waals surface area (Å²) in [6.45, 7) is 1.32. The number of hydrogen-bond acceptors (Lipinski definition) is 2. The standard InChI is InChI=1S/C16H13BrCl2O2/c1-20-16-13(5-12(18)6-14(16)17)15(19)9-2-3-10-7-21-8-11(10)4-9/h2-6,15H,7-8H2,1H3. The van der Waals surface area contributed by atoms with E-state index in [1.165, 1.54) is 11.1 Å². The quantitative estimate of drug-likeness (QED) is 0.650. The van der Waals surface area contributed by atoms with Crippen LogP contribution >= 0.6 is 39.1 Å². The van der Waals surface area contributed by atoms with Crippen LogP contribution in [0.5, 0.6) is 5.75 Å². The van der Waals surface area contributed by atoms with Gasteiger partial charge in [-0.15, -0.1) is 11.6 Å². The van der Waals surface area contributed by atoms with Gasteiger partial charge in [-0.05, 0) is 44.8 Å². The van der Waals surface area contributed by atoms with E-state index >= 15 is 0 Å². The van der Waals surface area contributed by atoms with Crippen molar-refractivity contribution in [3.63, 3.8) is 0 Å². The largest absolute Gasteiger partial charge is 0.495 e. The first-order chi connectivity index (χ1) is 10.1. The van der Waals surface area contributed by atoms with Gasteiger partial charge in [0.2, 0.25) is 0 Å². The van der Waals surface area contributed by atoms with Crippen molar-refractivity contribution in [2.45, 2.75) is 18.6 Å². The Kier molecular flexibility index (Phi) is 4.46. The van der Waals surface area contributed by atoms with Gasteiger partial charge < -0.3 is 9.47 Å². The van der Waals surface area contributed by atoms with Crippen LogP contribution in [0.3, 0.4) is 0 Å². The van der Waals surface area contributed by atoms with Crippen LogP contribution in [-0.2, 0) is 18.0 Å². The Labute approximate surface area is 142 Å². The number of fused-ring (bicyclic) bond motifs is 1. The fourth-order valence-electron chi connectivity index (χ4n) is 2.51. The molecule has 2 nitrogen and oxygen atoms in total. The van der Waals surface area contributed by atoms with Crippen molar-refractivity contribution in [1.29, 1.82) is 0 Å². The molecule has 2 aromatic rings. The lowest BCUT2D eigenvalue weighted by molar-refractivity contribution is 0.134. The van der Waals surface area contributed by atoms with E-state index in [1.54, 1.807) is 13.2 Å². The minimum absolute atomic E-state index is 0.333. The highest BCUT2D eigenvalue weighted by Gasteiger charge is 2.21. The van der Waals surface area contributed by atoms with Gasteiger partial charge in [0.05, 0.1) is 30.2 Å². The van der Waals surface area contributed by atoms with Crippen LogP contribution in [0.25, 0.3) is 0 Å². The molecule has 1 unspecified atom stereocenters. The van der Waals surface area contributed by atoms with Crippen molar-refractivity contribution in [2.75, 3.05) is 7.11 Å². The number of rotatable bonds is 3. The van der Waals surface area contributed by atoms with Gasteiger partial charge in [-0.3, -0.25) is 0 Å². The monoisotopic (exact) mass is 386 g/mol. The zero-order valence-electron chi connectivity index (χ0n) is 11.3. The minimum Gasteiger partial charge on any atom is -0.495 e. The molecule has 0 amide bonds. The Balaban J connectivity index is 2.04. The maximum absolute atomic E-state index is 6.66. The summed E-state index contributed by atoms with van der Waals surface area (Å²) in [5.41, 5.74) is 4.27. The van der Waals surface area contributed by atoms with Crippen LogP contribution in [0.15, 0.2) is 34.8 Å². The van der Waals surface area contributed by atoms with Crippen molar-refractivity contribution in [2.24, 2.45) is 0 Å². The topological polar surface area (TPSA) is 18.5 Å². The maximum Gasteiger partial charge on any atom is 0.138 e. The molecule has 1 aliphatic rings. The first-order valence-electron chi connectivity index (χ1n) is 6.46. The summed E-state index contributed by atoms with van der Waals surface area (Å²) in [5, 5.41) is 0.286. The maximum atomic E-state index is 6.66. The Hall–Kier alpha value is -0.740. The lowest BCUT2D eigenvalue weighted by Gasteiger charge is -2.17. The predicted molar refractivity (Wildman–Crippen MR) is 88.3 cm³/mol. The fourth-order valence-corrected chi connectivity index (χ4v) is 3.81. The molecular weight excluding hydrogens is 375 g/mol. The second-order valence-corrected chi connectivity index (χ2v) is 6.62. The molecular formula is C16H13BrCl2O2. The predicted octanol–water partition coefficient (Wildman–Crippen LogP) is 5.47. The SMILES string of the molecule is COc1c(Br)cc(Cl)cc1C(Cl)c1ccc2c(c1)COC2. The second kappa shape index (κ2) is 6.17. The van der Waals surface area contributed by atoms with Crippen LogP contribution in [-0.4, -0.2) is 7.11 Å². The highest BCUT2D eigenvalue weighted by molar-refractivity contribution is 9.10. The minimum atomic E-state index is -0.333. The summed E-state index contributed by atoms with van der Waals surface area (Å²) in [6.07, 6.45) is 0. The van der Waals surface area contributed by atoms with Crippen molar-refractivity contribution < 1.29 is 9.47 Å². The molecule has 110 valence electrons.